The van der Waals surface area contributed by atoms with Crippen molar-refractivity contribution in [3.05, 3.63) is 51.6 Å². The zero-order chi connectivity index (χ0) is 36.1. The van der Waals surface area contributed by atoms with Crippen molar-refractivity contribution in [2.75, 3.05) is 7.11 Å². The Kier molecular flexibility index (Phi) is 10.2. The number of carboxylic acid groups (broad SMARTS) is 1. The van der Waals surface area contributed by atoms with E-state index in [1.807, 2.05) is 0 Å². The molecule has 1 heterocycles. The number of aromatic hydroxyl groups is 2. The molecule has 3 aliphatic rings. The number of carbonyl (C=O) groups is 4. The van der Waals surface area contributed by atoms with Gasteiger partial charge in [-0.25, -0.2) is 4.79 Å². The van der Waals surface area contributed by atoms with Crippen LogP contribution in [0.15, 0.2) is 18.2 Å². The topological polar surface area (TPSA) is 242 Å². The molecule has 9 atom stereocenters. The zero-order valence-electron chi connectivity index (χ0n) is 27.7. The van der Waals surface area contributed by atoms with Crippen LogP contribution >= 0.6 is 0 Å². The fourth-order valence-electron chi connectivity index (χ4n) is 6.74. The van der Waals surface area contributed by atoms with Crippen molar-refractivity contribution in [2.45, 2.75) is 108 Å². The van der Waals surface area contributed by atoms with Crippen LogP contribution in [0.25, 0.3) is 0 Å². The van der Waals surface area contributed by atoms with Gasteiger partial charge in [0, 0.05) is 48.4 Å². The number of aliphatic carboxylic acids is 1. The Hall–Kier alpha value is -3.96. The number of hydrogen-bond donors (Lipinski definition) is 6. The first-order valence-electron chi connectivity index (χ1n) is 15.9. The number of phenols is 2. The van der Waals surface area contributed by atoms with Gasteiger partial charge in [0.05, 0.1) is 42.1 Å². The van der Waals surface area contributed by atoms with Crippen molar-refractivity contribution in [3.63, 3.8) is 0 Å². The van der Waals surface area contributed by atoms with Gasteiger partial charge in [-0.1, -0.05) is 12.1 Å². The average molecular weight is 688 g/mol. The van der Waals surface area contributed by atoms with E-state index in [1.54, 1.807) is 6.92 Å². The van der Waals surface area contributed by atoms with Gasteiger partial charge in [-0.3, -0.25) is 14.4 Å². The number of phenolic OH excluding ortho intramolecular Hbond substituents is 2. The third-order valence-corrected chi connectivity index (χ3v) is 9.31. The van der Waals surface area contributed by atoms with E-state index in [9.17, 15) is 44.7 Å². The number of hydrogen-bond acceptors (Lipinski definition) is 14. The molecule has 2 aliphatic carbocycles. The lowest BCUT2D eigenvalue weighted by molar-refractivity contribution is -0.283. The molecule has 1 fully saturated rings. The molecule has 9 unspecified atom stereocenters. The van der Waals surface area contributed by atoms with Crippen molar-refractivity contribution >= 4 is 23.3 Å². The lowest BCUT2D eigenvalue weighted by atomic mass is 9.72. The quantitative estimate of drug-likeness (QED) is 0.124. The van der Waals surface area contributed by atoms with E-state index in [0.717, 1.165) is 6.92 Å². The molecule has 0 saturated carbocycles. The van der Waals surface area contributed by atoms with E-state index in [-0.39, 0.29) is 40.8 Å². The molecule has 1 aliphatic heterocycles. The van der Waals surface area contributed by atoms with Gasteiger partial charge in [-0.05, 0) is 33.8 Å². The Bertz CT molecular complexity index is 1660. The summed E-state index contributed by atoms with van der Waals surface area (Å²) >= 11 is 0. The molecule has 0 bridgehead atoms. The number of aliphatic hydroxyl groups is 2. The Morgan fingerprint density at radius 2 is 1.78 bits per heavy atom. The first-order valence-corrected chi connectivity index (χ1v) is 15.9. The van der Waals surface area contributed by atoms with E-state index >= 15 is 0 Å². The van der Waals surface area contributed by atoms with Crippen molar-refractivity contribution in [3.8, 4) is 17.2 Å². The van der Waals surface area contributed by atoms with E-state index in [0.29, 0.717) is 0 Å². The van der Waals surface area contributed by atoms with Crippen LogP contribution in [0.5, 0.6) is 17.2 Å². The third kappa shape index (κ3) is 6.67. The number of ketones is 3. The minimum Gasteiger partial charge on any atom is -0.507 e. The summed E-state index contributed by atoms with van der Waals surface area (Å²) in [5.74, 6) is -4.67. The number of rotatable bonds is 11. The molecule has 0 aromatic heterocycles. The second-order valence-corrected chi connectivity index (χ2v) is 12.9. The van der Waals surface area contributed by atoms with Crippen LogP contribution < -0.4 is 10.5 Å². The van der Waals surface area contributed by atoms with Crippen molar-refractivity contribution in [1.82, 2.24) is 0 Å². The Labute approximate surface area is 281 Å². The van der Waals surface area contributed by atoms with Crippen LogP contribution in [0.2, 0.25) is 0 Å². The lowest BCUT2D eigenvalue weighted by Gasteiger charge is -2.43. The van der Waals surface area contributed by atoms with Gasteiger partial charge in [0.1, 0.15) is 29.0 Å². The van der Waals surface area contributed by atoms with Crippen molar-refractivity contribution < 1.29 is 68.4 Å². The molecular weight excluding hydrogens is 646 g/mol. The summed E-state index contributed by atoms with van der Waals surface area (Å²) in [4.78, 5) is 51.6. The molecule has 5 rings (SSSR count). The molecule has 0 radical (unpaired) electrons. The molecule has 15 nitrogen and oxygen atoms in total. The maximum absolute atomic E-state index is 13.8. The number of aliphatic hydroxyl groups excluding tert-OH is 1. The molecule has 7 N–H and O–H groups in total. The highest BCUT2D eigenvalue weighted by atomic mass is 16.7. The number of nitrogens with two attached hydrogens (primary N) is 1. The summed E-state index contributed by atoms with van der Waals surface area (Å²) in [6.07, 6.45) is -8.34. The number of fused-ring (bicyclic) bond motifs is 3. The monoisotopic (exact) mass is 687 g/mol. The highest BCUT2D eigenvalue weighted by molar-refractivity contribution is 6.31. The standard InChI is InChI=1S/C34H41NO14/c1-13(36)9-22(47-15(3)33(42)43)49-32-14(2)46-23(10-19(32)35)48-21-12-34(44,16(4)37)11-18-25(21)31(41)27-26(29(18)39)28(38)17-7-6-8-20(45-5)24(17)30(27)40/h6-8,13-15,19,21-23,32,36,39,41,44H,9-12,35H2,1-5H3,(H,42,43). The van der Waals surface area contributed by atoms with Crippen LogP contribution in [0.3, 0.4) is 0 Å². The number of ether oxygens (including phenoxy) is 5. The summed E-state index contributed by atoms with van der Waals surface area (Å²) in [6.45, 7) is 5.58. The summed E-state index contributed by atoms with van der Waals surface area (Å²) in [5, 5.41) is 53.8. The van der Waals surface area contributed by atoms with Gasteiger partial charge < -0.3 is 55.0 Å². The van der Waals surface area contributed by atoms with Gasteiger partial charge in [-0.15, -0.1) is 0 Å². The summed E-state index contributed by atoms with van der Waals surface area (Å²) < 4.78 is 29.1. The van der Waals surface area contributed by atoms with E-state index < -0.39 is 114 Å². The van der Waals surface area contributed by atoms with E-state index in [4.69, 9.17) is 29.4 Å². The fourth-order valence-corrected chi connectivity index (χ4v) is 6.74. The van der Waals surface area contributed by atoms with Gasteiger partial charge >= 0.3 is 5.97 Å². The van der Waals surface area contributed by atoms with Crippen LogP contribution in [0.4, 0.5) is 0 Å². The molecule has 15 heteroatoms. The minimum absolute atomic E-state index is 0.0328. The molecule has 0 spiro atoms. The zero-order valence-corrected chi connectivity index (χ0v) is 27.7. The second-order valence-electron chi connectivity index (χ2n) is 12.9. The maximum atomic E-state index is 13.8. The Balaban J connectivity index is 1.48. The van der Waals surface area contributed by atoms with Crippen molar-refractivity contribution in [1.29, 1.82) is 0 Å². The smallest absolute Gasteiger partial charge is 0.332 e. The molecule has 2 aromatic carbocycles. The van der Waals surface area contributed by atoms with Gasteiger partial charge in [0.25, 0.3) is 0 Å². The minimum atomic E-state index is -2.08. The van der Waals surface area contributed by atoms with Gasteiger partial charge in [-0.2, -0.15) is 0 Å². The predicted molar refractivity (Wildman–Crippen MR) is 167 cm³/mol. The van der Waals surface area contributed by atoms with E-state index in [2.05, 4.69) is 0 Å². The van der Waals surface area contributed by atoms with Crippen LogP contribution in [0, 0.1) is 0 Å². The highest BCUT2D eigenvalue weighted by Gasteiger charge is 2.49. The maximum Gasteiger partial charge on any atom is 0.332 e. The summed E-state index contributed by atoms with van der Waals surface area (Å²) in [7, 11) is 1.32. The normalized spacial score (nSPS) is 28.1. The highest BCUT2D eigenvalue weighted by Crippen LogP contribution is 2.52. The number of carboxylic acids is 1. The largest absolute Gasteiger partial charge is 0.507 e. The Morgan fingerprint density at radius 1 is 1.10 bits per heavy atom. The number of methoxy groups -OCH3 is 1. The molecule has 2 aromatic rings. The number of Topliss-reactive ketones (excluding diaryl/α,β-unsaturated/α-hetero) is 1. The third-order valence-electron chi connectivity index (χ3n) is 9.31. The molecular formula is C34H41NO14. The van der Waals surface area contributed by atoms with Crippen LogP contribution in [-0.2, 0) is 35.0 Å². The first kappa shape index (κ1) is 36.3. The first-order chi connectivity index (χ1) is 23.0. The molecule has 49 heavy (non-hydrogen) atoms. The summed E-state index contributed by atoms with van der Waals surface area (Å²) in [6, 6.07) is 3.58. The van der Waals surface area contributed by atoms with Crippen LogP contribution in [0.1, 0.15) is 96.0 Å². The van der Waals surface area contributed by atoms with Gasteiger partial charge in [0.15, 0.2) is 30.3 Å². The second kappa shape index (κ2) is 13.7. The predicted octanol–water partition coefficient (Wildman–Crippen LogP) is 1.64. The van der Waals surface area contributed by atoms with E-state index in [1.165, 1.54) is 39.2 Å². The lowest BCUT2D eigenvalue weighted by Crippen LogP contribution is -2.55. The van der Waals surface area contributed by atoms with Gasteiger partial charge in [0.2, 0.25) is 5.78 Å². The fraction of sp³-hybridized carbons (Fsp3) is 0.529. The van der Waals surface area contributed by atoms with Crippen LogP contribution in [-0.4, -0.2) is 105 Å². The SMILES string of the molecule is COc1cccc2c1C(=O)c1c(O)c3c(c(O)c1C2=O)CC(O)(C(C)=O)CC3OC1CC(N)C(OC(CC(C)O)OC(C)C(=O)O)C(C)O1. The average Bonchev–Trinajstić information content (AvgIpc) is 3.02. The summed E-state index contributed by atoms with van der Waals surface area (Å²) in [5.41, 5.74) is 3.07. The van der Waals surface area contributed by atoms with Crippen molar-refractivity contribution in [2.24, 2.45) is 5.73 Å². The molecule has 0 amide bonds. The molecule has 1 saturated heterocycles. The molecule has 266 valence electrons. The number of carbonyl (C=O) groups excluding carboxylic acids is 3. The Morgan fingerprint density at radius 3 is 2.37 bits per heavy atom. The number of benzene rings is 2.